The first-order valence-corrected chi connectivity index (χ1v) is 7.56. The molecule has 1 atom stereocenters. The zero-order valence-electron chi connectivity index (χ0n) is 12.3. The number of carbonyl (C=O) groups excluding carboxylic acids is 1. The largest absolute Gasteiger partial charge is 1.00 e. The molecule has 2 aliphatic rings. The number of nitrogens with two attached hydrogens (primary N) is 1. The lowest BCUT2D eigenvalue weighted by Gasteiger charge is -2.22. The zero-order chi connectivity index (χ0) is 13.9. The number of cyclic esters (lactones) is 1. The molecule has 0 saturated carbocycles. The molecule has 4 heteroatoms. The summed E-state index contributed by atoms with van der Waals surface area (Å²) < 4.78 is 5.25. The Morgan fingerprint density at radius 3 is 2.81 bits per heavy atom. The van der Waals surface area contributed by atoms with E-state index in [0.717, 1.165) is 17.5 Å². The monoisotopic (exact) mass is 307 g/mol. The molecule has 114 valence electrons. The van der Waals surface area contributed by atoms with Crippen LogP contribution in [0.25, 0.3) is 6.08 Å². The van der Waals surface area contributed by atoms with Crippen LogP contribution in [0.4, 0.5) is 0 Å². The summed E-state index contributed by atoms with van der Waals surface area (Å²) in [6, 6.07) is 6.05. The molecule has 21 heavy (non-hydrogen) atoms. The van der Waals surface area contributed by atoms with Crippen LogP contribution in [0, 0.1) is 5.92 Å². The maximum atomic E-state index is 11.8. The van der Waals surface area contributed by atoms with Crippen LogP contribution in [0.1, 0.15) is 41.3 Å². The van der Waals surface area contributed by atoms with Crippen molar-refractivity contribution in [2.75, 3.05) is 13.1 Å². The van der Waals surface area contributed by atoms with Gasteiger partial charge in [-0.15, -0.1) is 0 Å². The third-order valence-electron chi connectivity index (χ3n) is 4.21. The number of allylic oxidation sites excluding steroid dienone is 1. The van der Waals surface area contributed by atoms with Gasteiger partial charge in [0.15, 0.2) is 0 Å². The van der Waals surface area contributed by atoms with Crippen molar-refractivity contribution >= 4 is 12.0 Å². The molecule has 2 N–H and O–H groups in total. The van der Waals surface area contributed by atoms with Crippen LogP contribution in [0.5, 0.6) is 0 Å². The van der Waals surface area contributed by atoms with E-state index in [1.54, 1.807) is 0 Å². The zero-order valence-corrected chi connectivity index (χ0v) is 13.1. The third kappa shape index (κ3) is 3.86. The van der Waals surface area contributed by atoms with Gasteiger partial charge < -0.3 is 22.5 Å². The number of esters is 1. The summed E-state index contributed by atoms with van der Waals surface area (Å²) in [7, 11) is 0. The van der Waals surface area contributed by atoms with E-state index < -0.39 is 0 Å². The van der Waals surface area contributed by atoms with Crippen molar-refractivity contribution in [1.82, 2.24) is 0 Å². The van der Waals surface area contributed by atoms with E-state index in [-0.39, 0.29) is 24.5 Å². The molecule has 1 saturated heterocycles. The lowest BCUT2D eigenvalue weighted by atomic mass is 9.94. The first kappa shape index (κ1) is 16.1. The fraction of sp³-hybridized carbons (Fsp3) is 0.471. The highest BCUT2D eigenvalue weighted by Crippen LogP contribution is 2.23. The summed E-state index contributed by atoms with van der Waals surface area (Å²) in [4.78, 5) is 11.8. The first-order valence-electron chi connectivity index (χ1n) is 7.56. The molecule has 2 heterocycles. The molecule has 0 bridgehead atoms. The van der Waals surface area contributed by atoms with Gasteiger partial charge in [-0.2, -0.15) is 0 Å². The minimum atomic E-state index is -0.183. The van der Waals surface area contributed by atoms with E-state index in [0.29, 0.717) is 5.92 Å². The Balaban J connectivity index is 0.00000161. The van der Waals surface area contributed by atoms with Crippen LogP contribution in [0.2, 0.25) is 0 Å². The van der Waals surface area contributed by atoms with Crippen molar-refractivity contribution in [3.63, 3.8) is 0 Å². The average Bonchev–Trinajstić information content (AvgIpc) is 2.45. The van der Waals surface area contributed by atoms with Gasteiger partial charge in [-0.25, -0.2) is 4.79 Å². The van der Waals surface area contributed by atoms with E-state index >= 15 is 0 Å². The van der Waals surface area contributed by atoms with Crippen LogP contribution < -0.4 is 17.7 Å². The van der Waals surface area contributed by atoms with Gasteiger partial charge in [-0.05, 0) is 30.0 Å². The first-order chi connectivity index (χ1) is 9.72. The standard InChI is InChI=1S/C17H21NO2.ClH/c1-12-10-15-11-14(4-5-16(15)17(19)20-12)3-2-13-6-8-18-9-7-13;/h2-5,11-13,18H,6-10H2,1H3;1H/b3-2+;. The molecule has 0 aliphatic carbocycles. The molecule has 1 fully saturated rings. The van der Waals surface area contributed by atoms with Crippen LogP contribution in [0.15, 0.2) is 24.3 Å². The Hall–Kier alpha value is -1.32. The van der Waals surface area contributed by atoms with E-state index in [1.165, 1.54) is 31.5 Å². The Labute approximate surface area is 132 Å². The predicted molar refractivity (Wildman–Crippen MR) is 78.4 cm³/mol. The summed E-state index contributed by atoms with van der Waals surface area (Å²) in [5.41, 5.74) is 3.04. The SMILES string of the molecule is CC1Cc2cc(/C=C/C3CC[NH2+]CC3)ccc2C(=O)O1.[Cl-]. The lowest BCUT2D eigenvalue weighted by Crippen LogP contribution is -3.00. The Kier molecular flexibility index (Phi) is 5.43. The van der Waals surface area contributed by atoms with Gasteiger partial charge in [0.25, 0.3) is 0 Å². The van der Waals surface area contributed by atoms with Crippen LogP contribution in [-0.4, -0.2) is 25.2 Å². The molecule has 0 radical (unpaired) electrons. The van der Waals surface area contributed by atoms with Crippen molar-refractivity contribution in [3.8, 4) is 0 Å². The second-order valence-electron chi connectivity index (χ2n) is 5.90. The number of halogens is 1. The number of quaternary nitrogens is 1. The molecule has 0 aromatic heterocycles. The predicted octanol–water partition coefficient (Wildman–Crippen LogP) is -1.22. The van der Waals surface area contributed by atoms with Crippen molar-refractivity contribution in [3.05, 3.63) is 41.0 Å². The number of ether oxygens (including phenoxy) is 1. The Morgan fingerprint density at radius 2 is 2.05 bits per heavy atom. The van der Waals surface area contributed by atoms with Gasteiger partial charge in [0.1, 0.15) is 6.10 Å². The number of hydrogen-bond acceptors (Lipinski definition) is 2. The number of piperidine rings is 1. The van der Waals surface area contributed by atoms with Crippen LogP contribution in [0.3, 0.4) is 0 Å². The molecule has 1 aromatic rings. The van der Waals surface area contributed by atoms with Crippen molar-refractivity contribution in [1.29, 1.82) is 0 Å². The normalized spacial score (nSPS) is 22.5. The maximum Gasteiger partial charge on any atom is 0.338 e. The number of carbonyl (C=O) groups is 1. The Morgan fingerprint density at radius 1 is 1.29 bits per heavy atom. The van der Waals surface area contributed by atoms with Gasteiger partial charge in [0.2, 0.25) is 0 Å². The quantitative estimate of drug-likeness (QED) is 0.696. The molecular weight excluding hydrogens is 286 g/mol. The van der Waals surface area contributed by atoms with Gasteiger partial charge in [0, 0.05) is 19.3 Å². The lowest BCUT2D eigenvalue weighted by molar-refractivity contribution is -0.664. The summed E-state index contributed by atoms with van der Waals surface area (Å²) in [5, 5.41) is 2.39. The fourth-order valence-corrected chi connectivity index (χ4v) is 3.08. The maximum absolute atomic E-state index is 11.8. The van der Waals surface area contributed by atoms with Crippen molar-refractivity contribution < 1.29 is 27.3 Å². The van der Waals surface area contributed by atoms with Gasteiger partial charge >= 0.3 is 5.97 Å². The Bertz CT molecular complexity index is 536. The second-order valence-corrected chi connectivity index (χ2v) is 5.90. The van der Waals surface area contributed by atoms with E-state index in [9.17, 15) is 4.79 Å². The average molecular weight is 308 g/mol. The molecule has 1 aromatic carbocycles. The van der Waals surface area contributed by atoms with E-state index in [1.807, 2.05) is 19.1 Å². The molecule has 2 aliphatic heterocycles. The van der Waals surface area contributed by atoms with E-state index in [4.69, 9.17) is 4.74 Å². The smallest absolute Gasteiger partial charge is 0.338 e. The van der Waals surface area contributed by atoms with Crippen molar-refractivity contribution in [2.24, 2.45) is 5.92 Å². The summed E-state index contributed by atoms with van der Waals surface area (Å²) in [6.07, 6.45) is 7.89. The second kappa shape index (κ2) is 7.10. The highest BCUT2D eigenvalue weighted by molar-refractivity contribution is 5.92. The third-order valence-corrected chi connectivity index (χ3v) is 4.21. The summed E-state index contributed by atoms with van der Waals surface area (Å²) >= 11 is 0. The minimum absolute atomic E-state index is 0. The van der Waals surface area contributed by atoms with Gasteiger partial charge in [0.05, 0.1) is 18.7 Å². The molecule has 3 nitrogen and oxygen atoms in total. The highest BCUT2D eigenvalue weighted by atomic mass is 35.5. The number of rotatable bonds is 2. The van der Waals surface area contributed by atoms with Crippen molar-refractivity contribution in [2.45, 2.75) is 32.3 Å². The van der Waals surface area contributed by atoms with Gasteiger partial charge in [-0.1, -0.05) is 24.3 Å². The topological polar surface area (TPSA) is 42.9 Å². The highest BCUT2D eigenvalue weighted by Gasteiger charge is 2.23. The molecular formula is C17H22ClNO2. The number of fused-ring (bicyclic) bond motifs is 1. The summed E-state index contributed by atoms with van der Waals surface area (Å²) in [5.74, 6) is 0.525. The van der Waals surface area contributed by atoms with Gasteiger partial charge in [-0.3, -0.25) is 0 Å². The van der Waals surface area contributed by atoms with E-state index in [2.05, 4.69) is 23.5 Å². The molecule has 3 rings (SSSR count). The van der Waals surface area contributed by atoms with Crippen LogP contribution >= 0.6 is 0 Å². The fourth-order valence-electron chi connectivity index (χ4n) is 3.08. The molecule has 0 amide bonds. The van der Waals surface area contributed by atoms with Crippen LogP contribution in [-0.2, 0) is 11.2 Å². The number of hydrogen-bond donors (Lipinski definition) is 1. The number of benzene rings is 1. The summed E-state index contributed by atoms with van der Waals surface area (Å²) in [6.45, 7) is 4.42. The minimum Gasteiger partial charge on any atom is -1.00 e. The molecule has 1 unspecified atom stereocenters. The molecule has 0 spiro atoms.